The van der Waals surface area contributed by atoms with Gasteiger partial charge in [-0.1, -0.05) is 13.8 Å². The van der Waals surface area contributed by atoms with E-state index in [9.17, 15) is 0 Å². The monoisotopic (exact) mass is 209 g/mol. The minimum Gasteiger partial charge on any atom is -0.491 e. The number of aryl methyl sites for hydroxylation is 1. The average Bonchev–Trinajstić information content (AvgIpc) is 2.26. The summed E-state index contributed by atoms with van der Waals surface area (Å²) < 4.78 is 11.0. The van der Waals surface area contributed by atoms with Crippen LogP contribution in [0.3, 0.4) is 0 Å². The van der Waals surface area contributed by atoms with E-state index < -0.39 is 0 Å². The highest BCUT2D eigenvalue weighted by Crippen LogP contribution is 2.26. The molecule has 0 fully saturated rings. The third kappa shape index (κ3) is 3.11. The second-order valence-corrected chi connectivity index (χ2v) is 3.52. The largest absolute Gasteiger partial charge is 0.491 e. The van der Waals surface area contributed by atoms with E-state index in [1.807, 2.05) is 19.1 Å². The van der Waals surface area contributed by atoms with Crippen LogP contribution in [0.5, 0.6) is 11.6 Å². The minimum absolute atomic E-state index is 0.216. The lowest BCUT2D eigenvalue weighted by molar-refractivity contribution is 0.176. The summed E-state index contributed by atoms with van der Waals surface area (Å²) in [6.07, 6.45) is 2.18. The van der Waals surface area contributed by atoms with Crippen molar-refractivity contribution < 1.29 is 9.47 Å². The van der Waals surface area contributed by atoms with Crippen molar-refractivity contribution in [2.75, 3.05) is 7.11 Å². The van der Waals surface area contributed by atoms with Crippen LogP contribution in [0.1, 0.15) is 32.4 Å². The van der Waals surface area contributed by atoms with Crippen molar-refractivity contribution in [3.8, 4) is 11.6 Å². The van der Waals surface area contributed by atoms with Gasteiger partial charge in [0.1, 0.15) is 6.10 Å². The summed E-state index contributed by atoms with van der Waals surface area (Å²) in [5.74, 6) is 1.30. The third-order valence-corrected chi connectivity index (χ3v) is 2.37. The molecule has 0 unspecified atom stereocenters. The van der Waals surface area contributed by atoms with E-state index >= 15 is 0 Å². The molecule has 0 bridgehead atoms. The van der Waals surface area contributed by atoms with Crippen molar-refractivity contribution in [3.63, 3.8) is 0 Å². The maximum absolute atomic E-state index is 5.78. The first-order chi connectivity index (χ1) is 7.21. The summed E-state index contributed by atoms with van der Waals surface area (Å²) >= 11 is 0. The highest BCUT2D eigenvalue weighted by atomic mass is 16.5. The number of nitrogens with zero attached hydrogens (tertiary/aromatic N) is 1. The quantitative estimate of drug-likeness (QED) is 0.747. The summed E-state index contributed by atoms with van der Waals surface area (Å²) in [6, 6.07) is 3.80. The average molecular weight is 209 g/mol. The Labute approximate surface area is 91.4 Å². The topological polar surface area (TPSA) is 31.4 Å². The van der Waals surface area contributed by atoms with Gasteiger partial charge in [-0.15, -0.1) is 0 Å². The Kier molecular flexibility index (Phi) is 4.40. The predicted molar refractivity (Wildman–Crippen MR) is 60.5 cm³/mol. The minimum atomic E-state index is 0.216. The summed E-state index contributed by atoms with van der Waals surface area (Å²) in [6.45, 7) is 6.16. The fraction of sp³-hybridized carbons (Fsp3) is 0.583. The molecule has 1 rings (SSSR count). The van der Waals surface area contributed by atoms with Crippen LogP contribution in [0.25, 0.3) is 0 Å². The number of aromatic nitrogens is 1. The molecule has 0 amide bonds. The van der Waals surface area contributed by atoms with Gasteiger partial charge in [0.2, 0.25) is 0 Å². The maximum Gasteiger partial charge on any atom is 0.257 e. The highest BCUT2D eigenvalue weighted by Gasteiger charge is 2.11. The van der Waals surface area contributed by atoms with Gasteiger partial charge in [-0.2, -0.15) is 0 Å². The van der Waals surface area contributed by atoms with E-state index in [-0.39, 0.29) is 6.10 Å². The number of rotatable bonds is 5. The Morgan fingerprint density at radius 2 is 1.93 bits per heavy atom. The van der Waals surface area contributed by atoms with E-state index in [0.29, 0.717) is 11.6 Å². The van der Waals surface area contributed by atoms with Crippen molar-refractivity contribution in [2.24, 2.45) is 0 Å². The Balaban J connectivity index is 2.86. The van der Waals surface area contributed by atoms with Gasteiger partial charge in [0, 0.05) is 5.69 Å². The summed E-state index contributed by atoms with van der Waals surface area (Å²) in [4.78, 5) is 4.33. The molecule has 0 saturated carbocycles. The summed E-state index contributed by atoms with van der Waals surface area (Å²) in [5, 5.41) is 0. The van der Waals surface area contributed by atoms with E-state index in [1.54, 1.807) is 7.11 Å². The smallest absolute Gasteiger partial charge is 0.257 e. The van der Waals surface area contributed by atoms with Gasteiger partial charge in [-0.05, 0) is 31.9 Å². The van der Waals surface area contributed by atoms with Crippen LogP contribution < -0.4 is 9.47 Å². The number of pyridine rings is 1. The molecule has 0 N–H and O–H groups in total. The van der Waals surface area contributed by atoms with Crippen molar-refractivity contribution in [1.82, 2.24) is 4.98 Å². The molecule has 0 radical (unpaired) electrons. The van der Waals surface area contributed by atoms with Crippen LogP contribution in [0.2, 0.25) is 0 Å². The number of ether oxygens (including phenoxy) is 2. The number of hydrogen-bond donors (Lipinski definition) is 0. The normalized spacial score (nSPS) is 10.5. The zero-order chi connectivity index (χ0) is 11.3. The fourth-order valence-electron chi connectivity index (χ4n) is 1.37. The molecule has 1 aromatic heterocycles. The lowest BCUT2D eigenvalue weighted by atomic mass is 10.2. The molecule has 0 aromatic carbocycles. The van der Waals surface area contributed by atoms with E-state index in [1.165, 1.54) is 0 Å². The lowest BCUT2D eigenvalue weighted by Crippen LogP contribution is -2.15. The van der Waals surface area contributed by atoms with Crippen molar-refractivity contribution >= 4 is 0 Å². The second kappa shape index (κ2) is 5.59. The third-order valence-electron chi connectivity index (χ3n) is 2.37. The van der Waals surface area contributed by atoms with Gasteiger partial charge in [0.25, 0.3) is 5.88 Å². The second-order valence-electron chi connectivity index (χ2n) is 3.52. The lowest BCUT2D eigenvalue weighted by Gasteiger charge is -2.16. The molecule has 3 nitrogen and oxygen atoms in total. The first kappa shape index (κ1) is 11.8. The van der Waals surface area contributed by atoms with E-state index in [2.05, 4.69) is 18.8 Å². The first-order valence-electron chi connectivity index (χ1n) is 5.39. The maximum atomic E-state index is 5.78. The Morgan fingerprint density at radius 3 is 2.47 bits per heavy atom. The zero-order valence-electron chi connectivity index (χ0n) is 9.91. The molecule has 84 valence electrons. The van der Waals surface area contributed by atoms with Crippen LogP contribution >= 0.6 is 0 Å². The molecule has 0 atom stereocenters. The molecule has 1 aromatic rings. The van der Waals surface area contributed by atoms with Crippen LogP contribution in [0.15, 0.2) is 12.1 Å². The summed E-state index contributed by atoms with van der Waals surface area (Å²) in [5.41, 5.74) is 0.941. The van der Waals surface area contributed by atoms with E-state index in [4.69, 9.17) is 9.47 Å². The summed E-state index contributed by atoms with van der Waals surface area (Å²) in [7, 11) is 1.63. The number of hydrogen-bond acceptors (Lipinski definition) is 3. The standard InChI is InChI=1S/C12H19NO2/c1-5-10(6-2)15-12-11(14-4)8-7-9(3)13-12/h7-8,10H,5-6H2,1-4H3. The molecule has 0 spiro atoms. The molecule has 3 heteroatoms. The Morgan fingerprint density at radius 1 is 1.27 bits per heavy atom. The van der Waals surface area contributed by atoms with Gasteiger partial charge in [0.05, 0.1) is 7.11 Å². The molecule has 0 aliphatic carbocycles. The van der Waals surface area contributed by atoms with Crippen LogP contribution in [0.4, 0.5) is 0 Å². The Hall–Kier alpha value is -1.25. The highest BCUT2D eigenvalue weighted by molar-refractivity contribution is 5.34. The Bertz CT molecular complexity index is 308. The molecular formula is C12H19NO2. The molecular weight excluding hydrogens is 190 g/mol. The zero-order valence-corrected chi connectivity index (χ0v) is 9.91. The molecule has 1 heterocycles. The molecule has 0 saturated heterocycles. The van der Waals surface area contributed by atoms with Gasteiger partial charge in [0.15, 0.2) is 5.75 Å². The van der Waals surface area contributed by atoms with Crippen molar-refractivity contribution in [1.29, 1.82) is 0 Å². The molecule has 15 heavy (non-hydrogen) atoms. The van der Waals surface area contributed by atoms with Crippen LogP contribution in [0, 0.1) is 6.92 Å². The number of methoxy groups -OCH3 is 1. The van der Waals surface area contributed by atoms with Gasteiger partial charge >= 0.3 is 0 Å². The van der Waals surface area contributed by atoms with Crippen LogP contribution in [-0.4, -0.2) is 18.2 Å². The predicted octanol–water partition coefficient (Wildman–Crippen LogP) is 2.97. The molecule has 0 aliphatic heterocycles. The first-order valence-corrected chi connectivity index (χ1v) is 5.39. The van der Waals surface area contributed by atoms with Crippen molar-refractivity contribution in [3.05, 3.63) is 17.8 Å². The van der Waals surface area contributed by atoms with Crippen LogP contribution in [-0.2, 0) is 0 Å². The molecule has 0 aliphatic rings. The van der Waals surface area contributed by atoms with Gasteiger partial charge in [-0.3, -0.25) is 0 Å². The van der Waals surface area contributed by atoms with E-state index in [0.717, 1.165) is 18.5 Å². The van der Waals surface area contributed by atoms with Gasteiger partial charge < -0.3 is 9.47 Å². The van der Waals surface area contributed by atoms with Crippen molar-refractivity contribution in [2.45, 2.75) is 39.7 Å². The van der Waals surface area contributed by atoms with Gasteiger partial charge in [-0.25, -0.2) is 4.98 Å². The SMILES string of the molecule is CCC(CC)Oc1nc(C)ccc1OC. The fourth-order valence-corrected chi connectivity index (χ4v) is 1.37.